The van der Waals surface area contributed by atoms with E-state index in [0.717, 1.165) is 4.31 Å². The summed E-state index contributed by atoms with van der Waals surface area (Å²) in [5.74, 6) is -0.436. The van der Waals surface area contributed by atoms with Crippen molar-refractivity contribution >= 4 is 43.1 Å². The Balaban J connectivity index is 2.41. The molecule has 2 rings (SSSR count). The molecule has 1 saturated heterocycles. The number of hydrogen-bond donors (Lipinski definition) is 1. The standard InChI is InChI=1S/C11H13Cl2NO5S2/c12-9-6-10(13)11(5-8(9)7-15)21(18,19)14-1-3-20(16,17)4-2-14/h5-6,15H,1-4,7H2. The Morgan fingerprint density at radius 2 is 1.71 bits per heavy atom. The van der Waals surface area contributed by atoms with E-state index in [2.05, 4.69) is 0 Å². The summed E-state index contributed by atoms with van der Waals surface area (Å²) >= 11 is 11.8. The number of sulfonamides is 1. The zero-order valence-corrected chi connectivity index (χ0v) is 13.9. The molecular formula is C11H13Cl2NO5S2. The molecule has 0 aromatic heterocycles. The molecule has 1 fully saturated rings. The summed E-state index contributed by atoms with van der Waals surface area (Å²) in [5, 5.41) is 9.27. The third-order valence-corrected chi connectivity index (χ3v) is 7.52. The maximum Gasteiger partial charge on any atom is 0.244 e. The Kier molecular flexibility index (Phi) is 4.87. The number of rotatable bonds is 3. The van der Waals surface area contributed by atoms with Gasteiger partial charge in [-0.05, 0) is 17.7 Å². The number of aliphatic hydroxyl groups excluding tert-OH is 1. The molecule has 1 aliphatic heterocycles. The van der Waals surface area contributed by atoms with Gasteiger partial charge in [-0.3, -0.25) is 0 Å². The second-order valence-electron chi connectivity index (χ2n) is 4.59. The molecule has 6 nitrogen and oxygen atoms in total. The van der Waals surface area contributed by atoms with Gasteiger partial charge in [0.2, 0.25) is 10.0 Å². The van der Waals surface area contributed by atoms with Crippen LogP contribution in [0.2, 0.25) is 10.0 Å². The molecule has 0 radical (unpaired) electrons. The lowest BCUT2D eigenvalue weighted by molar-refractivity contribution is 0.281. The number of aliphatic hydroxyl groups is 1. The van der Waals surface area contributed by atoms with Crippen molar-refractivity contribution in [2.45, 2.75) is 11.5 Å². The van der Waals surface area contributed by atoms with Gasteiger partial charge in [-0.2, -0.15) is 4.31 Å². The minimum Gasteiger partial charge on any atom is -0.392 e. The highest BCUT2D eigenvalue weighted by Crippen LogP contribution is 2.31. The molecule has 118 valence electrons. The van der Waals surface area contributed by atoms with Crippen molar-refractivity contribution in [2.24, 2.45) is 0 Å². The van der Waals surface area contributed by atoms with Crippen LogP contribution in [0, 0.1) is 0 Å². The average Bonchev–Trinajstić information content (AvgIpc) is 2.38. The lowest BCUT2D eigenvalue weighted by Gasteiger charge is -2.26. The molecule has 0 amide bonds. The van der Waals surface area contributed by atoms with Crippen molar-refractivity contribution < 1.29 is 21.9 Å². The van der Waals surface area contributed by atoms with Gasteiger partial charge in [0.15, 0.2) is 9.84 Å². The Bertz CT molecular complexity index is 747. The topological polar surface area (TPSA) is 91.8 Å². The highest BCUT2D eigenvalue weighted by Gasteiger charge is 2.32. The summed E-state index contributed by atoms with van der Waals surface area (Å²) in [5.41, 5.74) is 0.240. The third-order valence-electron chi connectivity index (χ3n) is 3.19. The lowest BCUT2D eigenvalue weighted by Crippen LogP contribution is -2.43. The first-order valence-electron chi connectivity index (χ1n) is 5.97. The van der Waals surface area contributed by atoms with E-state index in [9.17, 15) is 16.8 Å². The largest absolute Gasteiger partial charge is 0.392 e. The first-order valence-corrected chi connectivity index (χ1v) is 9.98. The van der Waals surface area contributed by atoms with Crippen molar-refractivity contribution in [3.05, 3.63) is 27.7 Å². The van der Waals surface area contributed by atoms with E-state index in [1.54, 1.807) is 0 Å². The number of halogens is 2. The molecule has 0 spiro atoms. The van der Waals surface area contributed by atoms with Gasteiger partial charge in [0.05, 0.1) is 23.1 Å². The quantitative estimate of drug-likeness (QED) is 0.849. The molecule has 1 heterocycles. The smallest absolute Gasteiger partial charge is 0.244 e. The predicted molar refractivity (Wildman–Crippen MR) is 79.8 cm³/mol. The summed E-state index contributed by atoms with van der Waals surface area (Å²) in [6.07, 6.45) is 0. The molecule has 21 heavy (non-hydrogen) atoms. The van der Waals surface area contributed by atoms with E-state index in [4.69, 9.17) is 28.3 Å². The number of hydrogen-bond acceptors (Lipinski definition) is 5. The van der Waals surface area contributed by atoms with E-state index in [1.807, 2.05) is 0 Å². The minimum absolute atomic E-state index is 0.0642. The van der Waals surface area contributed by atoms with E-state index in [1.165, 1.54) is 12.1 Å². The van der Waals surface area contributed by atoms with Crippen LogP contribution in [0.25, 0.3) is 0 Å². The van der Waals surface area contributed by atoms with Crippen LogP contribution >= 0.6 is 23.2 Å². The summed E-state index contributed by atoms with van der Waals surface area (Å²) in [7, 11) is -7.11. The SMILES string of the molecule is O=S1(=O)CCN(S(=O)(=O)c2cc(CO)c(Cl)cc2Cl)CC1. The molecule has 10 heteroatoms. The van der Waals surface area contributed by atoms with Crippen LogP contribution in [0.4, 0.5) is 0 Å². The first-order chi connectivity index (χ1) is 9.67. The normalized spacial score (nSPS) is 19.6. The number of benzene rings is 1. The molecular weight excluding hydrogens is 361 g/mol. The fraction of sp³-hybridized carbons (Fsp3) is 0.455. The fourth-order valence-electron chi connectivity index (χ4n) is 1.97. The third kappa shape index (κ3) is 3.52. The van der Waals surface area contributed by atoms with Gasteiger partial charge in [0.1, 0.15) is 4.90 Å². The molecule has 1 N–H and O–H groups in total. The highest BCUT2D eigenvalue weighted by atomic mass is 35.5. The summed E-state index contributed by atoms with van der Waals surface area (Å²) < 4.78 is 48.9. The first kappa shape index (κ1) is 17.0. The van der Waals surface area contributed by atoms with Gasteiger partial charge >= 0.3 is 0 Å². The van der Waals surface area contributed by atoms with Gasteiger partial charge in [0.25, 0.3) is 0 Å². The Morgan fingerprint density at radius 1 is 1.14 bits per heavy atom. The molecule has 0 saturated carbocycles. The summed E-state index contributed by atoms with van der Waals surface area (Å²) in [6.45, 7) is -0.650. The second-order valence-corrected chi connectivity index (χ2v) is 9.61. The van der Waals surface area contributed by atoms with Crippen LogP contribution < -0.4 is 0 Å². The van der Waals surface area contributed by atoms with Crippen LogP contribution in [-0.4, -0.2) is 50.8 Å². The summed E-state index contributed by atoms with van der Waals surface area (Å²) in [4.78, 5) is -0.183. The zero-order valence-electron chi connectivity index (χ0n) is 10.8. The number of sulfone groups is 1. The van der Waals surface area contributed by atoms with Gasteiger partial charge < -0.3 is 5.11 Å². The molecule has 1 aromatic rings. The second kappa shape index (κ2) is 6.02. The monoisotopic (exact) mass is 373 g/mol. The van der Waals surface area contributed by atoms with Crippen LogP contribution in [0.5, 0.6) is 0 Å². The van der Waals surface area contributed by atoms with E-state index >= 15 is 0 Å². The van der Waals surface area contributed by atoms with Gasteiger partial charge in [-0.15, -0.1) is 0 Å². The van der Waals surface area contributed by atoms with Crippen molar-refractivity contribution in [3.8, 4) is 0 Å². The zero-order chi connectivity index (χ0) is 15.8. The van der Waals surface area contributed by atoms with Gasteiger partial charge in [0, 0.05) is 18.1 Å². The van der Waals surface area contributed by atoms with Gasteiger partial charge in [-0.25, -0.2) is 16.8 Å². The molecule has 0 atom stereocenters. The maximum absolute atomic E-state index is 12.5. The average molecular weight is 374 g/mol. The summed E-state index contributed by atoms with van der Waals surface area (Å²) in [6, 6.07) is 2.46. The Morgan fingerprint density at radius 3 is 2.24 bits per heavy atom. The molecule has 1 aliphatic rings. The molecule has 0 aliphatic carbocycles. The van der Waals surface area contributed by atoms with E-state index in [-0.39, 0.29) is 45.1 Å². The van der Waals surface area contributed by atoms with Crippen LogP contribution in [0.1, 0.15) is 5.56 Å². The van der Waals surface area contributed by atoms with Crippen LogP contribution in [-0.2, 0) is 26.5 Å². The Labute approximate surface area is 133 Å². The fourth-order valence-corrected chi connectivity index (χ4v) is 5.67. The van der Waals surface area contributed by atoms with Crippen molar-refractivity contribution in [1.29, 1.82) is 0 Å². The van der Waals surface area contributed by atoms with Crippen molar-refractivity contribution in [1.82, 2.24) is 4.31 Å². The van der Waals surface area contributed by atoms with Gasteiger partial charge in [-0.1, -0.05) is 23.2 Å². The van der Waals surface area contributed by atoms with E-state index < -0.39 is 26.5 Å². The molecule has 1 aromatic carbocycles. The van der Waals surface area contributed by atoms with Crippen molar-refractivity contribution in [2.75, 3.05) is 24.6 Å². The molecule has 0 unspecified atom stereocenters. The number of nitrogens with zero attached hydrogens (tertiary/aromatic N) is 1. The van der Waals surface area contributed by atoms with Crippen LogP contribution in [0.15, 0.2) is 17.0 Å². The molecule has 0 bridgehead atoms. The van der Waals surface area contributed by atoms with Crippen LogP contribution in [0.3, 0.4) is 0 Å². The predicted octanol–water partition coefficient (Wildman–Crippen LogP) is 0.905. The maximum atomic E-state index is 12.5. The highest BCUT2D eigenvalue weighted by molar-refractivity contribution is 7.92. The van der Waals surface area contributed by atoms with Crippen molar-refractivity contribution in [3.63, 3.8) is 0 Å². The van der Waals surface area contributed by atoms with E-state index in [0.29, 0.717) is 0 Å². The Hall–Kier alpha value is -0.380. The minimum atomic E-state index is -3.93. The lowest BCUT2D eigenvalue weighted by atomic mass is 10.2.